The molecule has 160 valence electrons. The maximum Gasteiger partial charge on any atom is 0.252 e. The second-order valence-electron chi connectivity index (χ2n) is 8.10. The fraction of sp³-hybridized carbons (Fsp3) is 0.320. The van der Waals surface area contributed by atoms with Crippen LogP contribution in [-0.4, -0.2) is 47.4 Å². The summed E-state index contributed by atoms with van der Waals surface area (Å²) in [5.41, 5.74) is 2.98. The van der Waals surface area contributed by atoms with Gasteiger partial charge in [0.1, 0.15) is 6.10 Å². The van der Waals surface area contributed by atoms with Crippen molar-refractivity contribution in [2.45, 2.75) is 32.4 Å². The van der Waals surface area contributed by atoms with Crippen LogP contribution in [0, 0.1) is 0 Å². The van der Waals surface area contributed by atoms with Crippen LogP contribution in [0.5, 0.6) is 0 Å². The predicted octanol–water partition coefficient (Wildman–Crippen LogP) is 3.52. The van der Waals surface area contributed by atoms with E-state index in [4.69, 9.17) is 9.72 Å². The lowest BCUT2D eigenvalue weighted by Gasteiger charge is -2.33. The Kier molecular flexibility index (Phi) is 6.28. The van der Waals surface area contributed by atoms with Crippen LogP contribution in [0.4, 0.5) is 0 Å². The third-order valence-corrected chi connectivity index (χ3v) is 5.35. The Labute approximate surface area is 182 Å². The van der Waals surface area contributed by atoms with Crippen molar-refractivity contribution in [1.82, 2.24) is 15.2 Å². The zero-order valence-corrected chi connectivity index (χ0v) is 17.9. The number of pyridine rings is 1. The molecule has 0 saturated carbocycles. The molecule has 3 aromatic rings. The molecule has 2 amide bonds. The lowest BCUT2D eigenvalue weighted by Crippen LogP contribution is -2.43. The van der Waals surface area contributed by atoms with E-state index < -0.39 is 0 Å². The first-order chi connectivity index (χ1) is 15.0. The highest BCUT2D eigenvalue weighted by Crippen LogP contribution is 2.26. The highest BCUT2D eigenvalue weighted by atomic mass is 16.5. The van der Waals surface area contributed by atoms with Gasteiger partial charge in [0, 0.05) is 18.0 Å². The molecule has 1 aromatic heterocycles. The van der Waals surface area contributed by atoms with E-state index in [2.05, 4.69) is 5.32 Å². The molecule has 1 N–H and O–H groups in total. The maximum absolute atomic E-state index is 12.8. The standard InChI is InChI=1S/C25H27N3O3/c1-17(2)26-25(30)20-15-22(27-21-11-7-6-10-19(20)21)23-16-28(12-13-31-23)24(29)14-18-8-4-3-5-9-18/h3-11,15,17,23H,12-14,16H2,1-2H3,(H,26,30)/t23-/m0/s1. The molecule has 0 aliphatic carbocycles. The number of hydrogen-bond donors (Lipinski definition) is 1. The SMILES string of the molecule is CC(C)NC(=O)c1cc([C@@H]2CN(C(=O)Cc3ccccc3)CCO2)nc2ccccc12. The summed E-state index contributed by atoms with van der Waals surface area (Å²) in [6.07, 6.45) is -0.00973. The Morgan fingerprint density at radius 1 is 1.13 bits per heavy atom. The van der Waals surface area contributed by atoms with E-state index in [0.717, 1.165) is 16.5 Å². The summed E-state index contributed by atoms with van der Waals surface area (Å²) >= 11 is 0. The number of hydrogen-bond acceptors (Lipinski definition) is 4. The summed E-state index contributed by atoms with van der Waals surface area (Å²) in [5, 5.41) is 3.77. The topological polar surface area (TPSA) is 71.5 Å². The number of benzene rings is 2. The van der Waals surface area contributed by atoms with Gasteiger partial charge in [-0.3, -0.25) is 9.59 Å². The number of ether oxygens (including phenoxy) is 1. The zero-order valence-electron chi connectivity index (χ0n) is 17.9. The number of amides is 2. The summed E-state index contributed by atoms with van der Waals surface area (Å²) < 4.78 is 5.97. The van der Waals surface area contributed by atoms with Crippen molar-refractivity contribution >= 4 is 22.7 Å². The Morgan fingerprint density at radius 3 is 2.65 bits per heavy atom. The normalized spacial score (nSPS) is 16.5. The van der Waals surface area contributed by atoms with Crippen molar-refractivity contribution in [3.8, 4) is 0 Å². The number of aromatic nitrogens is 1. The quantitative estimate of drug-likeness (QED) is 0.690. The van der Waals surface area contributed by atoms with Crippen LogP contribution < -0.4 is 5.32 Å². The molecule has 0 radical (unpaired) electrons. The molecule has 1 saturated heterocycles. The highest BCUT2D eigenvalue weighted by molar-refractivity contribution is 6.06. The van der Waals surface area contributed by atoms with Crippen molar-refractivity contribution in [2.24, 2.45) is 0 Å². The number of rotatable bonds is 5. The lowest BCUT2D eigenvalue weighted by molar-refractivity contribution is -0.138. The Balaban J connectivity index is 1.59. The first-order valence-corrected chi connectivity index (χ1v) is 10.6. The van der Waals surface area contributed by atoms with Gasteiger partial charge in [-0.25, -0.2) is 4.98 Å². The Bertz CT molecular complexity index is 1080. The molecule has 31 heavy (non-hydrogen) atoms. The smallest absolute Gasteiger partial charge is 0.252 e. The van der Waals surface area contributed by atoms with Crippen LogP contribution in [0.3, 0.4) is 0 Å². The van der Waals surface area contributed by atoms with E-state index in [1.54, 1.807) is 6.07 Å². The summed E-state index contributed by atoms with van der Waals surface area (Å²) in [4.78, 5) is 32.3. The molecule has 0 bridgehead atoms. The predicted molar refractivity (Wildman–Crippen MR) is 120 cm³/mol. The van der Waals surface area contributed by atoms with Gasteiger partial charge in [-0.05, 0) is 31.5 Å². The second kappa shape index (κ2) is 9.27. The number of carbonyl (C=O) groups excluding carboxylic acids is 2. The first kappa shape index (κ1) is 21.0. The molecule has 1 atom stereocenters. The third-order valence-electron chi connectivity index (χ3n) is 5.35. The van der Waals surface area contributed by atoms with E-state index in [1.807, 2.05) is 73.3 Å². The van der Waals surface area contributed by atoms with Crippen molar-refractivity contribution < 1.29 is 14.3 Å². The second-order valence-corrected chi connectivity index (χ2v) is 8.10. The largest absolute Gasteiger partial charge is 0.368 e. The van der Waals surface area contributed by atoms with Gasteiger partial charge in [0.15, 0.2) is 0 Å². The Hall–Kier alpha value is -3.25. The highest BCUT2D eigenvalue weighted by Gasteiger charge is 2.27. The van der Waals surface area contributed by atoms with Crippen molar-refractivity contribution in [2.75, 3.05) is 19.7 Å². The average Bonchev–Trinajstić information content (AvgIpc) is 2.78. The number of nitrogens with zero attached hydrogens (tertiary/aromatic N) is 2. The number of carbonyl (C=O) groups is 2. The number of fused-ring (bicyclic) bond motifs is 1. The van der Waals surface area contributed by atoms with Crippen LogP contribution in [0.1, 0.15) is 41.6 Å². The van der Waals surface area contributed by atoms with Crippen LogP contribution in [0.25, 0.3) is 10.9 Å². The summed E-state index contributed by atoms with van der Waals surface area (Å²) in [5.74, 6) is -0.0688. The van der Waals surface area contributed by atoms with Crippen LogP contribution >= 0.6 is 0 Å². The maximum atomic E-state index is 12.8. The van der Waals surface area contributed by atoms with E-state index in [9.17, 15) is 9.59 Å². The molecule has 0 spiro atoms. The number of para-hydroxylation sites is 1. The van der Waals surface area contributed by atoms with Gasteiger partial charge in [-0.1, -0.05) is 48.5 Å². The molecule has 1 aliphatic rings. The van der Waals surface area contributed by atoms with Gasteiger partial charge in [0.2, 0.25) is 5.91 Å². The van der Waals surface area contributed by atoms with E-state index in [0.29, 0.717) is 37.4 Å². The summed E-state index contributed by atoms with van der Waals surface area (Å²) in [6.45, 7) is 5.28. The minimum Gasteiger partial charge on any atom is -0.368 e. The van der Waals surface area contributed by atoms with Gasteiger partial charge in [-0.2, -0.15) is 0 Å². The fourth-order valence-electron chi connectivity index (χ4n) is 3.83. The minimum absolute atomic E-state index is 0.0277. The van der Waals surface area contributed by atoms with E-state index in [1.165, 1.54) is 0 Å². The molecule has 6 heteroatoms. The average molecular weight is 418 g/mol. The van der Waals surface area contributed by atoms with Gasteiger partial charge in [0.25, 0.3) is 5.91 Å². The lowest BCUT2D eigenvalue weighted by atomic mass is 10.0. The van der Waals surface area contributed by atoms with Gasteiger partial charge < -0.3 is 15.0 Å². The molecule has 2 heterocycles. The third kappa shape index (κ3) is 4.91. The molecule has 4 rings (SSSR count). The van der Waals surface area contributed by atoms with Gasteiger partial charge >= 0.3 is 0 Å². The van der Waals surface area contributed by atoms with Crippen LogP contribution in [-0.2, 0) is 16.0 Å². The van der Waals surface area contributed by atoms with E-state index >= 15 is 0 Å². The van der Waals surface area contributed by atoms with Crippen molar-refractivity contribution in [1.29, 1.82) is 0 Å². The van der Waals surface area contributed by atoms with E-state index in [-0.39, 0.29) is 24.0 Å². The summed E-state index contributed by atoms with van der Waals surface area (Å²) in [6, 6.07) is 19.2. The number of nitrogens with one attached hydrogen (secondary N) is 1. The van der Waals surface area contributed by atoms with Gasteiger partial charge in [0.05, 0.1) is 36.3 Å². The Morgan fingerprint density at radius 2 is 1.87 bits per heavy atom. The molecule has 1 aliphatic heterocycles. The monoisotopic (exact) mass is 417 g/mol. The molecular weight excluding hydrogens is 390 g/mol. The van der Waals surface area contributed by atoms with Crippen LogP contribution in [0.15, 0.2) is 60.7 Å². The number of morpholine rings is 1. The summed E-state index contributed by atoms with van der Waals surface area (Å²) in [7, 11) is 0. The first-order valence-electron chi connectivity index (χ1n) is 10.6. The fourth-order valence-corrected chi connectivity index (χ4v) is 3.83. The van der Waals surface area contributed by atoms with Crippen molar-refractivity contribution in [3.63, 3.8) is 0 Å². The zero-order chi connectivity index (χ0) is 21.8. The molecule has 0 unspecified atom stereocenters. The van der Waals surface area contributed by atoms with Gasteiger partial charge in [-0.15, -0.1) is 0 Å². The molecular formula is C25H27N3O3. The molecule has 1 fully saturated rings. The van der Waals surface area contributed by atoms with Crippen molar-refractivity contribution in [3.05, 3.63) is 77.5 Å². The molecule has 6 nitrogen and oxygen atoms in total. The minimum atomic E-state index is -0.372. The molecule has 2 aromatic carbocycles. The van der Waals surface area contributed by atoms with Crippen LogP contribution in [0.2, 0.25) is 0 Å².